The maximum atomic E-state index is 13.8. The van der Waals surface area contributed by atoms with Crippen molar-refractivity contribution in [3.05, 3.63) is 81.7 Å². The number of fused-ring (bicyclic) bond motifs is 1. The lowest BCUT2D eigenvalue weighted by molar-refractivity contribution is -0.142. The molecule has 1 fully saturated rings. The fourth-order valence-electron chi connectivity index (χ4n) is 4.18. The predicted octanol–water partition coefficient (Wildman–Crippen LogP) is 3.15. The van der Waals surface area contributed by atoms with Crippen LogP contribution in [0.15, 0.2) is 70.5 Å². The molecule has 1 saturated heterocycles. The number of aryl methyl sites for hydroxylation is 1. The number of hydrogen-bond acceptors (Lipinski definition) is 8. The third-order valence-corrected chi connectivity index (χ3v) is 7.34. The highest BCUT2D eigenvalue weighted by atomic mass is 32.2. The number of carbonyl (C=O) groups excluding carboxylic acids is 3. The van der Waals surface area contributed by atoms with Gasteiger partial charge in [-0.05, 0) is 36.2 Å². The molecule has 2 aromatic carbocycles. The Morgan fingerprint density at radius 3 is 2.47 bits per heavy atom. The van der Waals surface area contributed by atoms with Crippen LogP contribution in [0.3, 0.4) is 0 Å². The Kier molecular flexibility index (Phi) is 7.03. The smallest absolute Gasteiger partial charge is 0.307 e. The van der Waals surface area contributed by atoms with E-state index < -0.39 is 29.0 Å². The monoisotopic (exact) mass is 504 g/mol. The van der Waals surface area contributed by atoms with Crippen LogP contribution in [0.5, 0.6) is 5.75 Å². The van der Waals surface area contributed by atoms with Gasteiger partial charge in [-0.15, -0.1) is 0 Å². The zero-order chi connectivity index (χ0) is 26.0. The summed E-state index contributed by atoms with van der Waals surface area (Å²) in [6.07, 6.45) is -0.199. The highest BCUT2D eigenvalue weighted by molar-refractivity contribution is 8.04. The lowest BCUT2D eigenvalue weighted by atomic mass is 9.82. The number of nitrogens with two attached hydrogens (primary N) is 1. The minimum absolute atomic E-state index is 0.0616. The van der Waals surface area contributed by atoms with Crippen molar-refractivity contribution in [3.63, 3.8) is 0 Å². The molecule has 184 valence electrons. The van der Waals surface area contributed by atoms with E-state index in [0.717, 1.165) is 17.3 Å². The molecule has 2 atom stereocenters. The van der Waals surface area contributed by atoms with Crippen LogP contribution >= 0.6 is 11.8 Å². The van der Waals surface area contributed by atoms with Gasteiger partial charge in [0.15, 0.2) is 0 Å². The number of amides is 2. The summed E-state index contributed by atoms with van der Waals surface area (Å²) in [5.74, 6) is -1.83. The Balaban J connectivity index is 1.88. The number of methoxy groups -OCH3 is 2. The third-order valence-electron chi connectivity index (χ3n) is 6.06. The molecule has 2 aliphatic rings. The van der Waals surface area contributed by atoms with Crippen LogP contribution in [0.1, 0.15) is 23.5 Å². The fourth-order valence-corrected chi connectivity index (χ4v) is 5.50. The van der Waals surface area contributed by atoms with Gasteiger partial charge in [-0.25, -0.2) is 0 Å². The number of hydrogen-bond donors (Lipinski definition) is 2. The lowest BCUT2D eigenvalue weighted by Gasteiger charge is -2.32. The quantitative estimate of drug-likeness (QED) is 0.573. The van der Waals surface area contributed by atoms with Gasteiger partial charge < -0.3 is 20.5 Å². The van der Waals surface area contributed by atoms with Crippen LogP contribution < -0.4 is 15.8 Å². The van der Waals surface area contributed by atoms with Crippen molar-refractivity contribution >= 4 is 35.2 Å². The number of anilines is 1. The largest absolute Gasteiger partial charge is 0.497 e. The molecule has 0 aliphatic carbocycles. The number of nitrogens with zero attached hydrogens (tertiary/aromatic N) is 2. The average molecular weight is 505 g/mol. The van der Waals surface area contributed by atoms with E-state index in [9.17, 15) is 19.6 Å². The minimum Gasteiger partial charge on any atom is -0.497 e. The van der Waals surface area contributed by atoms with Crippen LogP contribution in [0, 0.1) is 18.3 Å². The Labute approximate surface area is 212 Å². The number of para-hydroxylation sites is 1. The van der Waals surface area contributed by atoms with E-state index in [1.807, 2.05) is 19.1 Å². The highest BCUT2D eigenvalue weighted by Crippen LogP contribution is 2.50. The van der Waals surface area contributed by atoms with Crippen LogP contribution in [0.4, 0.5) is 5.69 Å². The van der Waals surface area contributed by atoms with Gasteiger partial charge in [0.1, 0.15) is 16.8 Å². The van der Waals surface area contributed by atoms with E-state index in [0.29, 0.717) is 17.0 Å². The van der Waals surface area contributed by atoms with Crippen molar-refractivity contribution in [1.29, 1.82) is 5.26 Å². The molecule has 0 saturated carbocycles. The summed E-state index contributed by atoms with van der Waals surface area (Å²) in [6.45, 7) is 1.86. The van der Waals surface area contributed by atoms with E-state index >= 15 is 0 Å². The van der Waals surface area contributed by atoms with Crippen molar-refractivity contribution in [2.75, 3.05) is 19.5 Å². The van der Waals surface area contributed by atoms with Gasteiger partial charge in [-0.2, -0.15) is 5.26 Å². The zero-order valence-electron chi connectivity index (χ0n) is 19.9. The number of thioether (sulfide) groups is 1. The van der Waals surface area contributed by atoms with Crippen LogP contribution in [0.25, 0.3) is 0 Å². The van der Waals surface area contributed by atoms with Crippen LogP contribution in [-0.4, -0.2) is 42.2 Å². The zero-order valence-corrected chi connectivity index (χ0v) is 20.7. The van der Waals surface area contributed by atoms with Crippen molar-refractivity contribution in [3.8, 4) is 11.8 Å². The highest BCUT2D eigenvalue weighted by Gasteiger charge is 2.48. The molecular weight excluding hydrogens is 480 g/mol. The van der Waals surface area contributed by atoms with Crippen molar-refractivity contribution in [2.45, 2.75) is 24.5 Å². The molecule has 2 heterocycles. The molecule has 9 nitrogen and oxygen atoms in total. The summed E-state index contributed by atoms with van der Waals surface area (Å²) in [5.41, 5.74) is 8.68. The third kappa shape index (κ3) is 4.41. The second-order valence-electron chi connectivity index (χ2n) is 8.17. The van der Waals surface area contributed by atoms with Gasteiger partial charge in [-0.1, -0.05) is 42.1 Å². The normalized spacial score (nSPS) is 19.1. The Bertz CT molecular complexity index is 1340. The molecule has 0 bridgehead atoms. The molecule has 0 radical (unpaired) electrons. The van der Waals surface area contributed by atoms with E-state index in [4.69, 9.17) is 15.2 Å². The molecule has 4 rings (SSSR count). The number of allylic oxidation sites excluding steroid dienone is 1. The first-order valence-corrected chi connectivity index (χ1v) is 11.9. The van der Waals surface area contributed by atoms with Gasteiger partial charge in [0.05, 0.1) is 48.8 Å². The maximum absolute atomic E-state index is 13.8. The first-order chi connectivity index (χ1) is 17.3. The molecule has 0 aromatic heterocycles. The Morgan fingerprint density at radius 1 is 1.17 bits per heavy atom. The lowest BCUT2D eigenvalue weighted by Crippen LogP contribution is -2.39. The van der Waals surface area contributed by atoms with Gasteiger partial charge >= 0.3 is 5.97 Å². The predicted molar refractivity (Wildman–Crippen MR) is 134 cm³/mol. The first-order valence-electron chi connectivity index (χ1n) is 11.0. The average Bonchev–Trinajstić information content (AvgIpc) is 3.20. The number of esters is 1. The van der Waals surface area contributed by atoms with E-state index in [2.05, 4.69) is 11.4 Å². The summed E-state index contributed by atoms with van der Waals surface area (Å²) < 4.78 is 9.98. The summed E-state index contributed by atoms with van der Waals surface area (Å²) in [4.78, 5) is 40.2. The molecule has 36 heavy (non-hydrogen) atoms. The second-order valence-corrected chi connectivity index (χ2v) is 9.36. The first kappa shape index (κ1) is 24.9. The Morgan fingerprint density at radius 2 is 1.86 bits per heavy atom. The van der Waals surface area contributed by atoms with Gasteiger partial charge in [-0.3, -0.25) is 19.3 Å². The number of nitrogens with one attached hydrogen (secondary N) is 1. The summed E-state index contributed by atoms with van der Waals surface area (Å²) in [7, 11) is 2.78. The molecule has 2 amide bonds. The van der Waals surface area contributed by atoms with Crippen molar-refractivity contribution in [2.24, 2.45) is 5.73 Å². The fraction of sp³-hybridized carbons (Fsp3) is 0.231. The molecular formula is C26H24N4O5S. The number of carbonyl (C=O) groups is 3. The number of nitriles is 1. The van der Waals surface area contributed by atoms with E-state index in [1.54, 1.807) is 36.4 Å². The molecule has 0 unspecified atom stereocenters. The van der Waals surface area contributed by atoms with Gasteiger partial charge in [0.2, 0.25) is 5.91 Å². The molecule has 2 aliphatic heterocycles. The molecule has 10 heteroatoms. The molecule has 3 N–H and O–H groups in total. The SMILES string of the molecule is COC(=O)C[C@H]1SC2=C(C(=O)Nc3ccccc3C)[C@@H](c3ccc(OC)cc3)C(C#N)=C(N)N2C1=O. The summed E-state index contributed by atoms with van der Waals surface area (Å²) in [5, 5.41) is 12.5. The topological polar surface area (TPSA) is 135 Å². The molecule has 2 aromatic rings. The maximum Gasteiger partial charge on any atom is 0.307 e. The summed E-state index contributed by atoms with van der Waals surface area (Å²) >= 11 is 1.07. The van der Waals surface area contributed by atoms with Crippen LogP contribution in [-0.2, 0) is 19.1 Å². The Hall–Kier alpha value is -4.23. The van der Waals surface area contributed by atoms with Gasteiger partial charge in [0.25, 0.3) is 5.91 Å². The van der Waals surface area contributed by atoms with Crippen molar-refractivity contribution < 1.29 is 23.9 Å². The minimum atomic E-state index is -0.846. The van der Waals surface area contributed by atoms with E-state index in [1.165, 1.54) is 19.1 Å². The van der Waals surface area contributed by atoms with E-state index in [-0.39, 0.29) is 28.4 Å². The number of ether oxygens (including phenoxy) is 2. The number of rotatable bonds is 6. The molecule has 0 spiro atoms. The summed E-state index contributed by atoms with van der Waals surface area (Å²) in [6, 6.07) is 16.3. The standard InChI is InChI=1S/C26H24N4O5S/c1-14-6-4-5-7-18(14)29-24(32)22-21(15-8-10-16(34-2)11-9-15)17(13-27)23(28)30-25(33)19(36-26(22)30)12-20(31)35-3/h4-11,19,21H,12,28H2,1-3H3,(H,29,32)/t19-,21+/m1/s1. The van der Waals surface area contributed by atoms with Crippen LogP contribution in [0.2, 0.25) is 0 Å². The van der Waals surface area contributed by atoms with Gasteiger partial charge in [0, 0.05) is 5.69 Å². The van der Waals surface area contributed by atoms with Crippen molar-refractivity contribution in [1.82, 2.24) is 4.90 Å². The second kappa shape index (κ2) is 10.2. The number of benzene rings is 2.